The molecule has 0 unspecified atom stereocenters. The van der Waals surface area contributed by atoms with E-state index in [0.717, 1.165) is 41.0 Å². The predicted octanol–water partition coefficient (Wildman–Crippen LogP) is 4.68. The molecule has 2 aromatic carbocycles. The number of benzene rings is 2. The van der Waals surface area contributed by atoms with E-state index in [4.69, 9.17) is 14.5 Å². The molecular weight excluding hydrogens is 360 g/mol. The summed E-state index contributed by atoms with van der Waals surface area (Å²) in [5.74, 6) is 1.23. The molecule has 5 nitrogen and oxygen atoms in total. The lowest BCUT2D eigenvalue weighted by atomic mass is 10.0. The molecule has 4 rings (SSSR count). The number of thiazole rings is 1. The molecule has 0 radical (unpaired) electrons. The highest BCUT2D eigenvalue weighted by Crippen LogP contribution is 2.37. The van der Waals surface area contributed by atoms with Crippen LogP contribution in [0.3, 0.4) is 0 Å². The number of nitrogens with zero attached hydrogens (tertiary/aromatic N) is 2. The van der Waals surface area contributed by atoms with Crippen molar-refractivity contribution in [3.05, 3.63) is 53.0 Å². The third kappa shape index (κ3) is 3.49. The monoisotopic (exact) mass is 382 g/mol. The van der Waals surface area contributed by atoms with Crippen LogP contribution < -0.4 is 9.47 Å². The molecular formula is C21H22N2O3S. The molecule has 0 saturated carbocycles. The molecule has 1 aliphatic heterocycles. The van der Waals surface area contributed by atoms with Crippen molar-refractivity contribution in [2.45, 2.75) is 25.3 Å². The highest BCUT2D eigenvalue weighted by atomic mass is 32.1. The van der Waals surface area contributed by atoms with Crippen molar-refractivity contribution in [3.8, 4) is 11.5 Å². The average molecular weight is 382 g/mol. The van der Waals surface area contributed by atoms with Gasteiger partial charge in [-0.05, 0) is 43.5 Å². The van der Waals surface area contributed by atoms with Crippen LogP contribution >= 0.6 is 11.3 Å². The first-order chi connectivity index (χ1) is 13.2. The third-order valence-electron chi connectivity index (χ3n) is 4.96. The van der Waals surface area contributed by atoms with Gasteiger partial charge in [-0.25, -0.2) is 4.98 Å². The predicted molar refractivity (Wildman–Crippen MR) is 107 cm³/mol. The molecule has 2 heterocycles. The van der Waals surface area contributed by atoms with Crippen molar-refractivity contribution >= 4 is 27.5 Å². The lowest BCUT2D eigenvalue weighted by molar-refractivity contribution is 0.0610. The van der Waals surface area contributed by atoms with E-state index in [1.54, 1.807) is 43.8 Å². The Kier molecular flexibility index (Phi) is 4.99. The smallest absolute Gasteiger partial charge is 0.254 e. The van der Waals surface area contributed by atoms with Crippen LogP contribution in [-0.2, 0) is 0 Å². The van der Waals surface area contributed by atoms with Crippen molar-refractivity contribution in [2.75, 3.05) is 20.8 Å². The van der Waals surface area contributed by atoms with Gasteiger partial charge in [-0.15, -0.1) is 11.3 Å². The molecule has 3 aromatic rings. The third-order valence-corrected chi connectivity index (χ3v) is 6.10. The molecule has 0 bridgehead atoms. The quantitative estimate of drug-likeness (QED) is 0.657. The number of ether oxygens (including phenoxy) is 2. The SMILES string of the molecule is COc1cc(OC)cc(C(=O)N2CCCC[C@@H]2c2nc3ccccc3s2)c1. The van der Waals surface area contributed by atoms with Crippen LogP contribution in [0.15, 0.2) is 42.5 Å². The second-order valence-corrected chi connectivity index (χ2v) is 7.69. The van der Waals surface area contributed by atoms with Gasteiger partial charge in [0.25, 0.3) is 5.91 Å². The van der Waals surface area contributed by atoms with Gasteiger partial charge in [0.05, 0.1) is 30.5 Å². The summed E-state index contributed by atoms with van der Waals surface area (Å²) >= 11 is 1.68. The summed E-state index contributed by atoms with van der Waals surface area (Å²) in [5, 5.41) is 1.01. The van der Waals surface area contributed by atoms with Crippen LogP contribution in [0.2, 0.25) is 0 Å². The van der Waals surface area contributed by atoms with Gasteiger partial charge in [-0.3, -0.25) is 4.79 Å². The summed E-state index contributed by atoms with van der Waals surface area (Å²) in [6.07, 6.45) is 3.05. The molecule has 27 heavy (non-hydrogen) atoms. The Morgan fingerprint density at radius 1 is 1.11 bits per heavy atom. The summed E-state index contributed by atoms with van der Waals surface area (Å²) in [5.41, 5.74) is 1.58. The lowest BCUT2D eigenvalue weighted by Gasteiger charge is -2.34. The van der Waals surface area contributed by atoms with Gasteiger partial charge in [-0.1, -0.05) is 12.1 Å². The van der Waals surface area contributed by atoms with Gasteiger partial charge in [0.1, 0.15) is 16.5 Å². The number of amides is 1. The Morgan fingerprint density at radius 3 is 2.56 bits per heavy atom. The molecule has 0 aliphatic carbocycles. The lowest BCUT2D eigenvalue weighted by Crippen LogP contribution is -2.38. The van der Waals surface area contributed by atoms with Crippen molar-refractivity contribution in [3.63, 3.8) is 0 Å². The van der Waals surface area contributed by atoms with Gasteiger partial charge in [-0.2, -0.15) is 0 Å². The summed E-state index contributed by atoms with van der Waals surface area (Å²) in [7, 11) is 3.18. The first-order valence-corrected chi connectivity index (χ1v) is 9.91. The number of methoxy groups -OCH3 is 2. The molecule has 0 N–H and O–H groups in total. The van der Waals surface area contributed by atoms with E-state index in [9.17, 15) is 4.79 Å². The van der Waals surface area contributed by atoms with Crippen LogP contribution in [0.1, 0.15) is 40.7 Å². The maximum absolute atomic E-state index is 13.3. The fourth-order valence-electron chi connectivity index (χ4n) is 3.56. The number of hydrogen-bond acceptors (Lipinski definition) is 5. The molecule has 1 aliphatic rings. The second kappa shape index (κ2) is 7.56. The molecule has 1 saturated heterocycles. The molecule has 0 spiro atoms. The zero-order valence-corrected chi connectivity index (χ0v) is 16.3. The van der Waals surface area contributed by atoms with E-state index in [2.05, 4.69) is 6.07 Å². The van der Waals surface area contributed by atoms with Gasteiger partial charge in [0.2, 0.25) is 0 Å². The highest BCUT2D eigenvalue weighted by Gasteiger charge is 2.31. The van der Waals surface area contributed by atoms with Gasteiger partial charge >= 0.3 is 0 Å². The summed E-state index contributed by atoms with van der Waals surface area (Å²) in [6, 6.07) is 13.5. The Bertz CT molecular complexity index is 914. The number of aromatic nitrogens is 1. The Balaban J connectivity index is 1.68. The maximum Gasteiger partial charge on any atom is 0.254 e. The van der Waals surface area contributed by atoms with Crippen LogP contribution in [0.4, 0.5) is 0 Å². The van der Waals surface area contributed by atoms with Crippen LogP contribution in [0.25, 0.3) is 10.2 Å². The van der Waals surface area contributed by atoms with Crippen LogP contribution in [0, 0.1) is 0 Å². The first kappa shape index (κ1) is 17.8. The second-order valence-electron chi connectivity index (χ2n) is 6.63. The van der Waals surface area contributed by atoms with E-state index in [1.807, 2.05) is 23.1 Å². The van der Waals surface area contributed by atoms with Crippen molar-refractivity contribution in [2.24, 2.45) is 0 Å². The standard InChI is InChI=1S/C21H22N2O3S/c1-25-15-11-14(12-16(13-15)26-2)21(24)23-10-6-5-8-18(23)20-22-17-7-3-4-9-19(17)27-20/h3-4,7,9,11-13,18H,5-6,8,10H2,1-2H3/t18-/m1/s1. The Morgan fingerprint density at radius 2 is 1.85 bits per heavy atom. The van der Waals surface area contributed by atoms with Crippen molar-refractivity contribution < 1.29 is 14.3 Å². The minimum Gasteiger partial charge on any atom is -0.497 e. The van der Waals surface area contributed by atoms with Crippen LogP contribution in [-0.4, -0.2) is 36.6 Å². The van der Waals surface area contributed by atoms with Gasteiger partial charge < -0.3 is 14.4 Å². The number of likely N-dealkylation sites (tertiary alicyclic amines) is 1. The number of fused-ring (bicyclic) bond motifs is 1. The Labute approximate surface area is 162 Å². The van der Waals surface area contributed by atoms with Gasteiger partial charge in [0.15, 0.2) is 0 Å². The van der Waals surface area contributed by atoms with Crippen molar-refractivity contribution in [1.29, 1.82) is 0 Å². The number of piperidine rings is 1. The zero-order valence-electron chi connectivity index (χ0n) is 15.5. The van der Waals surface area contributed by atoms with E-state index >= 15 is 0 Å². The number of rotatable bonds is 4. The number of carbonyl (C=O) groups excluding carboxylic acids is 1. The molecule has 6 heteroatoms. The molecule has 1 aromatic heterocycles. The normalized spacial score (nSPS) is 17.1. The van der Waals surface area contributed by atoms with E-state index in [-0.39, 0.29) is 11.9 Å². The summed E-state index contributed by atoms with van der Waals surface area (Å²) in [6.45, 7) is 0.735. The minimum atomic E-state index is -0.00356. The highest BCUT2D eigenvalue weighted by molar-refractivity contribution is 7.18. The molecule has 140 valence electrons. The summed E-state index contributed by atoms with van der Waals surface area (Å²) < 4.78 is 11.8. The maximum atomic E-state index is 13.3. The molecule has 1 atom stereocenters. The first-order valence-electron chi connectivity index (χ1n) is 9.09. The average Bonchev–Trinajstić information content (AvgIpc) is 3.17. The van der Waals surface area contributed by atoms with E-state index in [0.29, 0.717) is 17.1 Å². The summed E-state index contributed by atoms with van der Waals surface area (Å²) in [4.78, 5) is 20.1. The minimum absolute atomic E-state index is 0.00356. The van der Waals surface area contributed by atoms with E-state index < -0.39 is 0 Å². The zero-order chi connectivity index (χ0) is 18.8. The Hall–Kier alpha value is -2.60. The van der Waals surface area contributed by atoms with Crippen LogP contribution in [0.5, 0.6) is 11.5 Å². The number of hydrogen-bond donors (Lipinski definition) is 0. The largest absolute Gasteiger partial charge is 0.497 e. The number of carbonyl (C=O) groups is 1. The van der Waals surface area contributed by atoms with Gasteiger partial charge in [0, 0.05) is 18.2 Å². The molecule has 1 fully saturated rings. The number of para-hydroxylation sites is 1. The van der Waals surface area contributed by atoms with E-state index in [1.165, 1.54) is 0 Å². The topological polar surface area (TPSA) is 51.7 Å². The fourth-order valence-corrected chi connectivity index (χ4v) is 4.68. The fraction of sp³-hybridized carbons (Fsp3) is 0.333. The van der Waals surface area contributed by atoms with Crippen molar-refractivity contribution in [1.82, 2.24) is 9.88 Å². The molecule has 1 amide bonds.